The van der Waals surface area contributed by atoms with E-state index in [0.29, 0.717) is 0 Å². The zero-order valence-electron chi connectivity index (χ0n) is 30.2. The fourth-order valence-corrected chi connectivity index (χ4v) is 9.28. The van der Waals surface area contributed by atoms with Crippen molar-refractivity contribution < 1.29 is 0 Å². The fourth-order valence-electron chi connectivity index (χ4n) is 9.28. The molecule has 1 unspecified atom stereocenters. The van der Waals surface area contributed by atoms with Gasteiger partial charge in [-0.2, -0.15) is 0 Å². The minimum Gasteiger partial charge on any atom is -0.310 e. The molecule has 0 fully saturated rings. The van der Waals surface area contributed by atoms with Gasteiger partial charge in [0.2, 0.25) is 0 Å². The van der Waals surface area contributed by atoms with Gasteiger partial charge in [0.1, 0.15) is 0 Å². The van der Waals surface area contributed by atoms with Crippen LogP contribution >= 0.6 is 0 Å². The molecule has 0 saturated heterocycles. The highest BCUT2D eigenvalue weighted by Gasteiger charge is 2.37. The summed E-state index contributed by atoms with van der Waals surface area (Å²) < 4.78 is 0. The van der Waals surface area contributed by atoms with Crippen molar-refractivity contribution in [1.29, 1.82) is 0 Å². The highest BCUT2D eigenvalue weighted by molar-refractivity contribution is 6.21. The molecule has 0 amide bonds. The molecule has 55 heavy (non-hydrogen) atoms. The van der Waals surface area contributed by atoms with Crippen LogP contribution in [0, 0.1) is 0 Å². The van der Waals surface area contributed by atoms with Crippen molar-refractivity contribution in [2.24, 2.45) is 0 Å². The Kier molecular flexibility index (Phi) is 7.34. The number of nitrogens with zero attached hydrogens (tertiary/aromatic N) is 2. The van der Waals surface area contributed by atoms with E-state index in [4.69, 9.17) is 0 Å². The Labute approximate surface area is 321 Å². The number of anilines is 3. The maximum atomic E-state index is 4.35. The number of benzene rings is 8. The van der Waals surface area contributed by atoms with E-state index >= 15 is 0 Å². The van der Waals surface area contributed by atoms with Crippen LogP contribution < -0.4 is 4.90 Å². The van der Waals surface area contributed by atoms with Gasteiger partial charge in [0.05, 0.1) is 0 Å². The Bertz CT molecular complexity index is 2950. The Balaban J connectivity index is 1.11. The van der Waals surface area contributed by atoms with Crippen molar-refractivity contribution >= 4 is 44.2 Å². The molecule has 0 radical (unpaired) electrons. The molecular weight excluding hydrogens is 665 g/mol. The third-order valence-corrected chi connectivity index (χ3v) is 11.6. The molecule has 258 valence electrons. The summed E-state index contributed by atoms with van der Waals surface area (Å²) in [5, 5.41) is 4.89. The summed E-state index contributed by atoms with van der Waals surface area (Å²) >= 11 is 0. The molecule has 9 aromatic rings. The van der Waals surface area contributed by atoms with Crippen molar-refractivity contribution in [1.82, 2.24) is 4.98 Å². The summed E-state index contributed by atoms with van der Waals surface area (Å²) in [5.74, 6) is 0.211. The molecule has 0 aliphatic heterocycles. The quantitative estimate of drug-likeness (QED) is 0.172. The second kappa shape index (κ2) is 12.8. The molecule has 1 atom stereocenters. The standard InChI is InChI=1S/C53H36N2/c1-4-14-35(15-5-1)49-45-22-10-11-23-46(45)50(36-16-6-2-7-17-36)53-48-29-28-43(44-24-13-25-47(51(44)48)52(49)53)38-18-12-21-41(33-38)55(40-19-8-3-9-20-40)42-27-26-39-34-54-31-30-37(39)32-42/h1-27,29-34,43H,28H2. The molecule has 2 nitrogen and oxygen atoms in total. The predicted molar refractivity (Wildman–Crippen MR) is 230 cm³/mol. The molecule has 8 aromatic carbocycles. The number of hydrogen-bond donors (Lipinski definition) is 0. The highest BCUT2D eigenvalue weighted by atomic mass is 15.1. The van der Waals surface area contributed by atoms with Crippen molar-refractivity contribution in [2.75, 3.05) is 4.90 Å². The molecule has 0 saturated carbocycles. The Morgan fingerprint density at radius 2 is 1.09 bits per heavy atom. The van der Waals surface area contributed by atoms with Crippen LogP contribution in [0.1, 0.15) is 34.6 Å². The summed E-state index contributed by atoms with van der Waals surface area (Å²) in [5.41, 5.74) is 18.1. The van der Waals surface area contributed by atoms with Gasteiger partial charge in [-0.25, -0.2) is 0 Å². The van der Waals surface area contributed by atoms with Crippen LogP contribution in [0.15, 0.2) is 200 Å². The first-order valence-corrected chi connectivity index (χ1v) is 19.1. The maximum absolute atomic E-state index is 4.35. The number of rotatable bonds is 6. The number of allylic oxidation sites excluding steroid dienone is 1. The van der Waals surface area contributed by atoms with E-state index in [9.17, 15) is 0 Å². The third-order valence-electron chi connectivity index (χ3n) is 11.6. The van der Waals surface area contributed by atoms with Crippen LogP contribution in [0.3, 0.4) is 0 Å². The van der Waals surface area contributed by atoms with E-state index in [1.807, 2.05) is 12.4 Å². The monoisotopic (exact) mass is 700 g/mol. The number of pyridine rings is 1. The smallest absolute Gasteiger partial charge is 0.0468 e. The van der Waals surface area contributed by atoms with Gasteiger partial charge in [-0.15, -0.1) is 0 Å². The first-order chi connectivity index (χ1) is 27.3. The van der Waals surface area contributed by atoms with Gasteiger partial charge in [0.15, 0.2) is 0 Å². The van der Waals surface area contributed by atoms with Crippen LogP contribution in [-0.2, 0) is 0 Å². The molecule has 0 bridgehead atoms. The lowest BCUT2D eigenvalue weighted by Gasteiger charge is -2.29. The molecule has 11 rings (SSSR count). The highest BCUT2D eigenvalue weighted by Crippen LogP contribution is 2.59. The molecule has 1 heterocycles. The SMILES string of the molecule is C1=C2c3c(cccc3C(c3cccc(N(c4ccccc4)c4ccc5cnccc5c4)c3)C1)-c1c2c(-c2ccccc2)c2ccccc2c1-c1ccccc1. The van der Waals surface area contributed by atoms with E-state index in [0.717, 1.165) is 28.9 Å². The summed E-state index contributed by atoms with van der Waals surface area (Å²) in [7, 11) is 0. The minimum absolute atomic E-state index is 0.211. The van der Waals surface area contributed by atoms with Gasteiger partial charge in [0.25, 0.3) is 0 Å². The van der Waals surface area contributed by atoms with Gasteiger partial charge >= 0.3 is 0 Å². The second-order valence-electron chi connectivity index (χ2n) is 14.6. The first kappa shape index (κ1) is 31.5. The lowest BCUT2D eigenvalue weighted by Crippen LogP contribution is -2.12. The fraction of sp³-hybridized carbons (Fsp3) is 0.0377. The van der Waals surface area contributed by atoms with Crippen LogP contribution in [0.4, 0.5) is 17.1 Å². The molecule has 0 spiro atoms. The molecule has 1 aromatic heterocycles. The lowest BCUT2D eigenvalue weighted by atomic mass is 9.78. The minimum atomic E-state index is 0.211. The largest absolute Gasteiger partial charge is 0.310 e. The van der Waals surface area contributed by atoms with Gasteiger partial charge in [-0.05, 0) is 126 Å². The predicted octanol–water partition coefficient (Wildman–Crippen LogP) is 14.1. The molecule has 0 N–H and O–H groups in total. The number of fused-ring (bicyclic) bond motifs is 5. The molecular formula is C53H36N2. The van der Waals surface area contributed by atoms with Crippen molar-refractivity contribution in [3.63, 3.8) is 0 Å². The van der Waals surface area contributed by atoms with Crippen molar-refractivity contribution in [3.05, 3.63) is 223 Å². The van der Waals surface area contributed by atoms with Crippen LogP contribution in [-0.4, -0.2) is 4.98 Å². The maximum Gasteiger partial charge on any atom is 0.0468 e. The van der Waals surface area contributed by atoms with Gasteiger partial charge in [0, 0.05) is 40.8 Å². The van der Waals surface area contributed by atoms with Crippen LogP contribution in [0.2, 0.25) is 0 Å². The van der Waals surface area contributed by atoms with E-state index < -0.39 is 0 Å². The number of aromatic nitrogens is 1. The average Bonchev–Trinajstić information content (AvgIpc) is 3.58. The number of para-hydroxylation sites is 1. The Morgan fingerprint density at radius 3 is 1.84 bits per heavy atom. The van der Waals surface area contributed by atoms with Crippen LogP contribution in [0.5, 0.6) is 0 Å². The normalized spacial score (nSPS) is 14.0. The van der Waals surface area contributed by atoms with E-state index in [1.165, 1.54) is 77.4 Å². The Morgan fingerprint density at radius 1 is 0.455 bits per heavy atom. The zero-order chi connectivity index (χ0) is 36.3. The third kappa shape index (κ3) is 5.06. The average molecular weight is 701 g/mol. The topological polar surface area (TPSA) is 16.1 Å². The molecule has 2 aliphatic rings. The van der Waals surface area contributed by atoms with Gasteiger partial charge in [-0.1, -0.05) is 146 Å². The first-order valence-electron chi connectivity index (χ1n) is 19.1. The molecule has 2 aliphatic carbocycles. The van der Waals surface area contributed by atoms with Gasteiger partial charge < -0.3 is 4.90 Å². The summed E-state index contributed by atoms with van der Waals surface area (Å²) in [6, 6.07) is 66.7. The summed E-state index contributed by atoms with van der Waals surface area (Å²) in [6.07, 6.45) is 7.26. The van der Waals surface area contributed by atoms with E-state index in [2.05, 4.69) is 198 Å². The van der Waals surface area contributed by atoms with Gasteiger partial charge in [-0.3, -0.25) is 4.98 Å². The lowest BCUT2D eigenvalue weighted by molar-refractivity contribution is 0.817. The number of hydrogen-bond acceptors (Lipinski definition) is 2. The second-order valence-corrected chi connectivity index (χ2v) is 14.6. The van der Waals surface area contributed by atoms with E-state index in [-0.39, 0.29) is 5.92 Å². The zero-order valence-corrected chi connectivity index (χ0v) is 30.2. The summed E-state index contributed by atoms with van der Waals surface area (Å²) in [4.78, 5) is 6.73. The molecule has 2 heteroatoms. The van der Waals surface area contributed by atoms with Crippen LogP contribution in [0.25, 0.3) is 60.5 Å². The Hall–Kier alpha value is -7.03. The van der Waals surface area contributed by atoms with E-state index in [1.54, 1.807) is 0 Å². The van der Waals surface area contributed by atoms with Crippen molar-refractivity contribution in [2.45, 2.75) is 12.3 Å². The van der Waals surface area contributed by atoms with Crippen molar-refractivity contribution in [3.8, 4) is 33.4 Å². The summed E-state index contributed by atoms with van der Waals surface area (Å²) in [6.45, 7) is 0.